The van der Waals surface area contributed by atoms with E-state index in [0.29, 0.717) is 19.5 Å². The van der Waals surface area contributed by atoms with E-state index in [-0.39, 0.29) is 6.42 Å². The monoisotopic (exact) mass is 244 g/mol. The van der Waals surface area contributed by atoms with Crippen molar-refractivity contribution >= 4 is 16.9 Å². The van der Waals surface area contributed by atoms with Crippen molar-refractivity contribution in [3.8, 4) is 0 Å². The summed E-state index contributed by atoms with van der Waals surface area (Å²) in [5.41, 5.74) is 2.15. The second kappa shape index (κ2) is 6.12. The average Bonchev–Trinajstić information content (AvgIpc) is 2.38. The summed E-state index contributed by atoms with van der Waals surface area (Å²) in [5.74, 6) is -0.747. The van der Waals surface area contributed by atoms with E-state index in [4.69, 9.17) is 5.11 Å². The molecule has 4 nitrogen and oxygen atoms in total. The van der Waals surface area contributed by atoms with Crippen LogP contribution in [0.1, 0.15) is 18.4 Å². The van der Waals surface area contributed by atoms with Gasteiger partial charge in [-0.2, -0.15) is 0 Å². The molecular weight excluding hydrogens is 228 g/mol. The van der Waals surface area contributed by atoms with Gasteiger partial charge < -0.3 is 10.4 Å². The fraction of sp³-hybridized carbons (Fsp3) is 0.286. The number of benzene rings is 1. The van der Waals surface area contributed by atoms with Crippen molar-refractivity contribution in [2.24, 2.45) is 0 Å². The summed E-state index contributed by atoms with van der Waals surface area (Å²) >= 11 is 0. The Labute approximate surface area is 106 Å². The lowest BCUT2D eigenvalue weighted by molar-refractivity contribution is -0.137. The summed E-state index contributed by atoms with van der Waals surface area (Å²) in [6.07, 6.45) is 2.64. The molecule has 1 aromatic carbocycles. The number of fused-ring (bicyclic) bond motifs is 1. The average molecular weight is 244 g/mol. The van der Waals surface area contributed by atoms with Crippen molar-refractivity contribution in [3.05, 3.63) is 42.1 Å². The molecular formula is C14H16N2O2. The zero-order valence-electron chi connectivity index (χ0n) is 10.1. The van der Waals surface area contributed by atoms with Gasteiger partial charge in [-0.1, -0.05) is 24.3 Å². The van der Waals surface area contributed by atoms with Crippen LogP contribution in [-0.2, 0) is 11.3 Å². The first-order chi connectivity index (χ1) is 8.77. The fourth-order valence-corrected chi connectivity index (χ4v) is 1.90. The van der Waals surface area contributed by atoms with Gasteiger partial charge in [0.2, 0.25) is 0 Å². The molecule has 0 aliphatic rings. The van der Waals surface area contributed by atoms with Gasteiger partial charge >= 0.3 is 5.97 Å². The SMILES string of the molecule is O=C(O)CCCNCc1cccc2cccnc12. The summed E-state index contributed by atoms with van der Waals surface area (Å²) in [5, 5.41) is 12.9. The Morgan fingerprint density at radius 3 is 2.94 bits per heavy atom. The molecule has 18 heavy (non-hydrogen) atoms. The van der Waals surface area contributed by atoms with Crippen LogP contribution in [0.15, 0.2) is 36.5 Å². The summed E-state index contributed by atoms with van der Waals surface area (Å²) in [7, 11) is 0. The lowest BCUT2D eigenvalue weighted by Crippen LogP contribution is -2.16. The highest BCUT2D eigenvalue weighted by atomic mass is 16.4. The fourth-order valence-electron chi connectivity index (χ4n) is 1.90. The number of aliphatic carboxylic acids is 1. The van der Waals surface area contributed by atoms with Gasteiger partial charge in [0.15, 0.2) is 0 Å². The molecule has 0 saturated heterocycles. The van der Waals surface area contributed by atoms with Gasteiger partial charge in [-0.15, -0.1) is 0 Å². The maximum atomic E-state index is 10.4. The number of nitrogens with zero attached hydrogens (tertiary/aromatic N) is 1. The van der Waals surface area contributed by atoms with Gasteiger partial charge in [-0.05, 0) is 24.6 Å². The highest BCUT2D eigenvalue weighted by molar-refractivity contribution is 5.81. The molecule has 2 N–H and O–H groups in total. The Kier molecular flexibility index (Phi) is 4.25. The third-order valence-electron chi connectivity index (χ3n) is 2.78. The highest BCUT2D eigenvalue weighted by Gasteiger charge is 2.01. The van der Waals surface area contributed by atoms with E-state index >= 15 is 0 Å². The van der Waals surface area contributed by atoms with Crippen molar-refractivity contribution in [2.45, 2.75) is 19.4 Å². The standard InChI is InChI=1S/C14H16N2O2/c17-13(18)7-3-8-15-10-12-5-1-4-11-6-2-9-16-14(11)12/h1-2,4-6,9,15H,3,7-8,10H2,(H,17,18). The van der Waals surface area contributed by atoms with Crippen molar-refractivity contribution in [3.63, 3.8) is 0 Å². The van der Waals surface area contributed by atoms with Crippen LogP contribution in [0.2, 0.25) is 0 Å². The first kappa shape index (κ1) is 12.5. The highest BCUT2D eigenvalue weighted by Crippen LogP contribution is 2.15. The van der Waals surface area contributed by atoms with Crippen LogP contribution >= 0.6 is 0 Å². The predicted octanol–water partition coefficient (Wildman–Crippen LogP) is 2.19. The number of aromatic nitrogens is 1. The third-order valence-corrected chi connectivity index (χ3v) is 2.78. The molecule has 2 aromatic rings. The van der Waals surface area contributed by atoms with Gasteiger partial charge in [0.25, 0.3) is 0 Å². The Morgan fingerprint density at radius 2 is 2.11 bits per heavy atom. The summed E-state index contributed by atoms with van der Waals surface area (Å²) in [6.45, 7) is 1.42. The van der Waals surface area contributed by atoms with Crippen molar-refractivity contribution in [1.82, 2.24) is 10.3 Å². The molecule has 0 fully saturated rings. The quantitative estimate of drug-likeness (QED) is 0.765. The van der Waals surface area contributed by atoms with E-state index in [1.54, 1.807) is 6.20 Å². The number of nitrogens with one attached hydrogen (secondary N) is 1. The molecule has 0 radical (unpaired) electrons. The lowest BCUT2D eigenvalue weighted by atomic mass is 10.1. The molecule has 0 atom stereocenters. The van der Waals surface area contributed by atoms with Crippen molar-refractivity contribution in [1.29, 1.82) is 0 Å². The number of para-hydroxylation sites is 1. The molecule has 0 amide bonds. The number of hydrogen-bond acceptors (Lipinski definition) is 3. The first-order valence-electron chi connectivity index (χ1n) is 6.02. The zero-order valence-corrected chi connectivity index (χ0v) is 10.1. The molecule has 0 spiro atoms. The molecule has 0 aliphatic heterocycles. The molecule has 1 heterocycles. The first-order valence-corrected chi connectivity index (χ1v) is 6.02. The Hall–Kier alpha value is -1.94. The second-order valence-corrected chi connectivity index (χ2v) is 4.17. The predicted molar refractivity (Wildman–Crippen MR) is 70.3 cm³/mol. The third kappa shape index (κ3) is 3.28. The molecule has 94 valence electrons. The number of hydrogen-bond donors (Lipinski definition) is 2. The minimum absolute atomic E-state index is 0.209. The normalized spacial score (nSPS) is 10.7. The van der Waals surface area contributed by atoms with Gasteiger partial charge in [0, 0.05) is 24.5 Å². The lowest BCUT2D eigenvalue weighted by Gasteiger charge is -2.06. The molecule has 0 aliphatic carbocycles. The Balaban J connectivity index is 1.93. The van der Waals surface area contributed by atoms with E-state index in [1.807, 2.05) is 30.3 Å². The maximum absolute atomic E-state index is 10.4. The molecule has 2 rings (SSSR count). The Morgan fingerprint density at radius 1 is 1.28 bits per heavy atom. The molecule has 4 heteroatoms. The number of pyridine rings is 1. The smallest absolute Gasteiger partial charge is 0.303 e. The van der Waals surface area contributed by atoms with Crippen molar-refractivity contribution < 1.29 is 9.90 Å². The second-order valence-electron chi connectivity index (χ2n) is 4.17. The molecule has 1 aromatic heterocycles. The minimum atomic E-state index is -0.747. The summed E-state index contributed by atoms with van der Waals surface area (Å²) in [4.78, 5) is 14.7. The zero-order chi connectivity index (χ0) is 12.8. The van der Waals surface area contributed by atoms with E-state index in [9.17, 15) is 4.79 Å². The van der Waals surface area contributed by atoms with Crippen molar-refractivity contribution in [2.75, 3.05) is 6.54 Å². The Bertz CT molecular complexity index is 535. The van der Waals surface area contributed by atoms with Crippen LogP contribution in [0.3, 0.4) is 0 Å². The van der Waals surface area contributed by atoms with Gasteiger partial charge in [-0.3, -0.25) is 9.78 Å². The van der Waals surface area contributed by atoms with Crippen LogP contribution in [0.5, 0.6) is 0 Å². The number of carboxylic acid groups (broad SMARTS) is 1. The van der Waals surface area contributed by atoms with Gasteiger partial charge in [-0.25, -0.2) is 0 Å². The summed E-state index contributed by atoms with van der Waals surface area (Å²) < 4.78 is 0. The van der Waals surface area contributed by atoms with Crippen LogP contribution in [0.4, 0.5) is 0 Å². The number of rotatable bonds is 6. The van der Waals surface area contributed by atoms with E-state index in [2.05, 4.69) is 10.3 Å². The maximum Gasteiger partial charge on any atom is 0.303 e. The van der Waals surface area contributed by atoms with E-state index in [1.165, 1.54) is 0 Å². The van der Waals surface area contributed by atoms with Crippen LogP contribution in [-0.4, -0.2) is 22.6 Å². The largest absolute Gasteiger partial charge is 0.481 e. The van der Waals surface area contributed by atoms with Crippen LogP contribution < -0.4 is 5.32 Å². The number of carboxylic acids is 1. The molecule has 0 unspecified atom stereocenters. The van der Waals surface area contributed by atoms with E-state index in [0.717, 1.165) is 16.5 Å². The number of carbonyl (C=O) groups is 1. The van der Waals surface area contributed by atoms with E-state index < -0.39 is 5.97 Å². The topological polar surface area (TPSA) is 62.2 Å². The molecule has 0 saturated carbocycles. The van der Waals surface area contributed by atoms with Gasteiger partial charge in [0.05, 0.1) is 5.52 Å². The van der Waals surface area contributed by atoms with Gasteiger partial charge in [0.1, 0.15) is 0 Å². The van der Waals surface area contributed by atoms with Crippen LogP contribution in [0, 0.1) is 0 Å². The summed E-state index contributed by atoms with van der Waals surface area (Å²) in [6, 6.07) is 10.1. The van der Waals surface area contributed by atoms with Crippen LogP contribution in [0.25, 0.3) is 10.9 Å². The molecule has 0 bridgehead atoms. The minimum Gasteiger partial charge on any atom is -0.481 e.